The van der Waals surface area contributed by atoms with Crippen LogP contribution in [0.1, 0.15) is 5.56 Å². The number of hydrogen-bond donors (Lipinski definition) is 1. The van der Waals surface area contributed by atoms with Crippen molar-refractivity contribution < 1.29 is 19.0 Å². The van der Waals surface area contributed by atoms with Gasteiger partial charge in [0.05, 0.1) is 29.8 Å². The number of carbonyl (C=O) groups excluding carboxylic acids is 1. The van der Waals surface area contributed by atoms with Crippen molar-refractivity contribution in [3.8, 4) is 11.5 Å². The lowest BCUT2D eigenvalue weighted by Gasteiger charge is -2.13. The van der Waals surface area contributed by atoms with Gasteiger partial charge in [-0.25, -0.2) is 4.98 Å². The maximum atomic E-state index is 12.9. The zero-order valence-electron chi connectivity index (χ0n) is 16.7. The summed E-state index contributed by atoms with van der Waals surface area (Å²) in [6.45, 7) is 1.25. The quantitative estimate of drug-likeness (QED) is 0.407. The van der Waals surface area contributed by atoms with E-state index in [4.69, 9.17) is 25.8 Å². The first-order valence-corrected chi connectivity index (χ1v) is 10.9. The monoisotopic (exact) mass is 461 g/mol. The van der Waals surface area contributed by atoms with Gasteiger partial charge in [-0.05, 0) is 35.9 Å². The molecule has 1 N–H and O–H groups in total. The van der Waals surface area contributed by atoms with E-state index in [-0.39, 0.29) is 24.0 Å². The molecule has 10 heteroatoms. The first-order valence-electron chi connectivity index (χ1n) is 9.52. The van der Waals surface area contributed by atoms with Crippen LogP contribution in [0.4, 0.5) is 0 Å². The molecule has 3 aromatic rings. The zero-order chi connectivity index (χ0) is 21.8. The summed E-state index contributed by atoms with van der Waals surface area (Å²) in [6, 6.07) is 10.5. The number of carbonyl (C=O) groups is 1. The Hall–Kier alpha value is -2.75. The Balaban J connectivity index is 1.45. The first-order chi connectivity index (χ1) is 15.0. The molecule has 1 aliphatic rings. The fourth-order valence-electron chi connectivity index (χ4n) is 3.10. The van der Waals surface area contributed by atoms with Crippen LogP contribution in [0.25, 0.3) is 10.9 Å². The number of fused-ring (bicyclic) bond motifs is 2. The molecule has 0 aliphatic carbocycles. The number of methoxy groups -OCH3 is 1. The van der Waals surface area contributed by atoms with E-state index in [0.29, 0.717) is 52.3 Å². The van der Waals surface area contributed by atoms with Gasteiger partial charge < -0.3 is 19.5 Å². The lowest BCUT2D eigenvalue weighted by atomic mass is 10.2. The van der Waals surface area contributed by atoms with Crippen LogP contribution >= 0.6 is 23.4 Å². The van der Waals surface area contributed by atoms with Crippen LogP contribution < -0.4 is 20.3 Å². The highest BCUT2D eigenvalue weighted by molar-refractivity contribution is 7.99. The Bertz CT molecular complexity index is 1180. The van der Waals surface area contributed by atoms with Gasteiger partial charge >= 0.3 is 0 Å². The van der Waals surface area contributed by atoms with Crippen molar-refractivity contribution in [3.63, 3.8) is 0 Å². The van der Waals surface area contributed by atoms with Crippen molar-refractivity contribution in [1.82, 2.24) is 14.9 Å². The van der Waals surface area contributed by atoms with Gasteiger partial charge in [-0.15, -0.1) is 0 Å². The molecule has 0 radical (unpaired) electrons. The van der Waals surface area contributed by atoms with E-state index in [1.807, 2.05) is 18.2 Å². The van der Waals surface area contributed by atoms with Crippen LogP contribution in [-0.4, -0.2) is 41.7 Å². The van der Waals surface area contributed by atoms with Crippen molar-refractivity contribution in [2.24, 2.45) is 0 Å². The molecule has 1 aromatic heterocycles. The van der Waals surface area contributed by atoms with E-state index in [2.05, 4.69) is 10.3 Å². The molecular weight excluding hydrogens is 442 g/mol. The van der Waals surface area contributed by atoms with E-state index in [1.165, 1.54) is 16.3 Å². The lowest BCUT2D eigenvalue weighted by Crippen LogP contribution is -2.27. The SMILES string of the molecule is COCCn1c(SCC(=O)NCc2ccc3c(c2)OCO3)nc2cc(Cl)ccc2c1=O. The molecule has 8 nitrogen and oxygen atoms in total. The number of benzene rings is 2. The van der Waals surface area contributed by atoms with E-state index >= 15 is 0 Å². The predicted octanol–water partition coefficient (Wildman–Crippen LogP) is 2.83. The molecule has 0 saturated heterocycles. The smallest absolute Gasteiger partial charge is 0.262 e. The van der Waals surface area contributed by atoms with Gasteiger partial charge in [0.25, 0.3) is 5.56 Å². The summed E-state index contributed by atoms with van der Waals surface area (Å²) < 4.78 is 17.3. The average Bonchev–Trinajstić information content (AvgIpc) is 3.23. The number of thioether (sulfide) groups is 1. The fraction of sp³-hybridized carbons (Fsp3) is 0.286. The molecule has 1 aliphatic heterocycles. The van der Waals surface area contributed by atoms with Crippen LogP contribution in [0, 0.1) is 0 Å². The first kappa shape index (κ1) is 21.5. The lowest BCUT2D eigenvalue weighted by molar-refractivity contribution is -0.118. The van der Waals surface area contributed by atoms with Crippen LogP contribution in [-0.2, 0) is 22.6 Å². The molecule has 0 unspecified atom stereocenters. The second kappa shape index (κ2) is 9.59. The number of rotatable bonds is 8. The average molecular weight is 462 g/mol. The summed E-state index contributed by atoms with van der Waals surface area (Å²) in [5, 5.41) is 4.27. The number of hydrogen-bond acceptors (Lipinski definition) is 7. The second-order valence-corrected chi connectivity index (χ2v) is 8.14. The van der Waals surface area contributed by atoms with Crippen molar-refractivity contribution in [3.05, 3.63) is 57.3 Å². The molecule has 162 valence electrons. The Morgan fingerprint density at radius 3 is 2.94 bits per heavy atom. The highest BCUT2D eigenvalue weighted by Crippen LogP contribution is 2.32. The Morgan fingerprint density at radius 2 is 2.10 bits per heavy atom. The van der Waals surface area contributed by atoms with Crippen molar-refractivity contribution in [1.29, 1.82) is 0 Å². The van der Waals surface area contributed by atoms with Crippen LogP contribution in [0.3, 0.4) is 0 Å². The molecule has 31 heavy (non-hydrogen) atoms. The Labute approximate surface area is 187 Å². The normalized spacial score (nSPS) is 12.3. The molecule has 0 spiro atoms. The fourth-order valence-corrected chi connectivity index (χ4v) is 4.12. The molecular formula is C21H20ClN3O5S. The number of nitrogens with one attached hydrogen (secondary N) is 1. The summed E-state index contributed by atoms with van der Waals surface area (Å²) in [5.41, 5.74) is 1.20. The molecule has 0 fully saturated rings. The van der Waals surface area contributed by atoms with Crippen molar-refractivity contribution in [2.75, 3.05) is 26.3 Å². The summed E-state index contributed by atoms with van der Waals surface area (Å²) in [7, 11) is 1.57. The number of amides is 1. The topological polar surface area (TPSA) is 91.7 Å². The number of aromatic nitrogens is 2. The minimum absolute atomic E-state index is 0.107. The molecule has 1 amide bonds. The van der Waals surface area contributed by atoms with E-state index in [1.54, 1.807) is 25.3 Å². The standard InChI is InChI=1S/C21H20ClN3O5S/c1-28-7-6-25-20(27)15-4-3-14(22)9-16(15)24-21(25)31-11-19(26)23-10-13-2-5-17-18(8-13)30-12-29-17/h2-5,8-9H,6-7,10-12H2,1H3,(H,23,26). The van der Waals surface area contributed by atoms with Gasteiger partial charge in [-0.3, -0.25) is 14.2 Å². The van der Waals surface area contributed by atoms with Crippen molar-refractivity contribution >= 4 is 40.2 Å². The van der Waals surface area contributed by atoms with Gasteiger partial charge in [0, 0.05) is 18.7 Å². The number of nitrogens with zero attached hydrogens (tertiary/aromatic N) is 2. The maximum Gasteiger partial charge on any atom is 0.262 e. The van der Waals surface area contributed by atoms with Crippen LogP contribution in [0.5, 0.6) is 11.5 Å². The van der Waals surface area contributed by atoms with Gasteiger partial charge in [-0.1, -0.05) is 29.4 Å². The number of halogens is 1. The van der Waals surface area contributed by atoms with Crippen LogP contribution in [0.15, 0.2) is 46.3 Å². The highest BCUT2D eigenvalue weighted by Gasteiger charge is 2.15. The summed E-state index contributed by atoms with van der Waals surface area (Å²) in [6.07, 6.45) is 0. The molecule has 2 aromatic carbocycles. The van der Waals surface area contributed by atoms with Crippen molar-refractivity contribution in [2.45, 2.75) is 18.2 Å². The molecule has 0 atom stereocenters. The van der Waals surface area contributed by atoms with E-state index < -0.39 is 0 Å². The third kappa shape index (κ3) is 4.95. The third-order valence-corrected chi connectivity index (χ3v) is 5.87. The minimum Gasteiger partial charge on any atom is -0.454 e. The zero-order valence-corrected chi connectivity index (χ0v) is 18.3. The molecule has 2 heterocycles. The molecule has 4 rings (SSSR count). The van der Waals surface area contributed by atoms with Gasteiger partial charge in [0.1, 0.15) is 0 Å². The van der Waals surface area contributed by atoms with Gasteiger partial charge in [0.2, 0.25) is 12.7 Å². The third-order valence-electron chi connectivity index (χ3n) is 4.66. The summed E-state index contributed by atoms with van der Waals surface area (Å²) >= 11 is 7.24. The molecule has 0 saturated carbocycles. The Morgan fingerprint density at radius 1 is 1.26 bits per heavy atom. The predicted molar refractivity (Wildman–Crippen MR) is 118 cm³/mol. The van der Waals surface area contributed by atoms with Gasteiger partial charge in [-0.2, -0.15) is 0 Å². The van der Waals surface area contributed by atoms with Gasteiger partial charge in [0.15, 0.2) is 16.7 Å². The highest BCUT2D eigenvalue weighted by atomic mass is 35.5. The maximum absolute atomic E-state index is 12.9. The summed E-state index contributed by atoms with van der Waals surface area (Å²) in [5.74, 6) is 1.29. The number of ether oxygens (including phenoxy) is 3. The van der Waals surface area contributed by atoms with E-state index in [9.17, 15) is 9.59 Å². The molecule has 0 bridgehead atoms. The van der Waals surface area contributed by atoms with Crippen LogP contribution in [0.2, 0.25) is 5.02 Å². The van der Waals surface area contributed by atoms with E-state index in [0.717, 1.165) is 5.56 Å². The minimum atomic E-state index is -0.193. The Kier molecular flexibility index (Phi) is 6.64. The summed E-state index contributed by atoms with van der Waals surface area (Å²) in [4.78, 5) is 29.9. The second-order valence-electron chi connectivity index (χ2n) is 6.76. The largest absolute Gasteiger partial charge is 0.454 e.